The number of benzene rings is 2. The highest BCUT2D eigenvalue weighted by Crippen LogP contribution is 2.60. The number of nitro groups is 1. The molecule has 2 aromatic rings. The van der Waals surface area contributed by atoms with Crippen molar-refractivity contribution in [2.24, 2.45) is 22.7 Å². The first-order valence-electron chi connectivity index (χ1n) is 10.1. The molecule has 4 fully saturated rings. The van der Waals surface area contributed by atoms with Crippen molar-refractivity contribution in [1.29, 1.82) is 0 Å². The Morgan fingerprint density at radius 3 is 2.18 bits per heavy atom. The minimum atomic E-state index is -0.590. The first kappa shape index (κ1) is 17.4. The van der Waals surface area contributed by atoms with Crippen molar-refractivity contribution in [3.63, 3.8) is 0 Å². The minimum absolute atomic E-state index is 0.305. The molecule has 5 nitrogen and oxygen atoms in total. The van der Waals surface area contributed by atoms with Gasteiger partial charge in [-0.2, -0.15) is 0 Å². The fraction of sp³-hybridized carbons (Fsp3) is 0.435. The molecule has 4 aliphatic rings. The lowest BCUT2D eigenvalue weighted by molar-refractivity contribution is -0.385. The Morgan fingerprint density at radius 2 is 1.61 bits per heavy atom. The zero-order valence-electron chi connectivity index (χ0n) is 15.8. The van der Waals surface area contributed by atoms with E-state index in [2.05, 4.69) is 17.1 Å². The maximum atomic E-state index is 10.9. The number of hydrogen-bond acceptors (Lipinski definition) is 4. The Hall–Kier alpha value is -2.69. The Balaban J connectivity index is 1.37. The van der Waals surface area contributed by atoms with Crippen LogP contribution in [0.2, 0.25) is 0 Å². The zero-order chi connectivity index (χ0) is 19.3. The molecule has 1 N–H and O–H groups in total. The van der Waals surface area contributed by atoms with Gasteiger partial charge in [-0.25, -0.2) is 0 Å². The molecular formula is C23H24N2O3. The average molecular weight is 376 g/mol. The lowest BCUT2D eigenvalue weighted by Crippen LogP contribution is -2.48. The monoisotopic (exact) mass is 376 g/mol. The fourth-order valence-electron chi connectivity index (χ4n) is 6.31. The first-order chi connectivity index (χ1) is 13.5. The van der Waals surface area contributed by atoms with Crippen LogP contribution in [-0.4, -0.2) is 16.2 Å². The van der Waals surface area contributed by atoms with E-state index in [1.54, 1.807) is 12.1 Å². The van der Waals surface area contributed by atoms with Gasteiger partial charge in [-0.15, -0.1) is 0 Å². The molecule has 0 aromatic heterocycles. The van der Waals surface area contributed by atoms with E-state index in [0.29, 0.717) is 11.0 Å². The SMILES string of the molecule is O=[N+]([O-])c1cccc(C=Nc2ccc(C34CC5CC(CC(C5)C3)C4)cc2)c1O. The topological polar surface area (TPSA) is 75.7 Å². The van der Waals surface area contributed by atoms with Crippen LogP contribution in [0.3, 0.4) is 0 Å². The van der Waals surface area contributed by atoms with Crippen molar-refractivity contribution in [1.82, 2.24) is 0 Å². The van der Waals surface area contributed by atoms with Gasteiger partial charge >= 0.3 is 5.69 Å². The fourth-order valence-corrected chi connectivity index (χ4v) is 6.31. The zero-order valence-corrected chi connectivity index (χ0v) is 15.8. The minimum Gasteiger partial charge on any atom is -0.502 e. The molecule has 144 valence electrons. The van der Waals surface area contributed by atoms with Crippen LogP contribution in [0.5, 0.6) is 5.75 Å². The highest BCUT2D eigenvalue weighted by Gasteiger charge is 2.51. The van der Waals surface area contributed by atoms with Crippen LogP contribution < -0.4 is 0 Å². The largest absolute Gasteiger partial charge is 0.502 e. The number of nitro benzene ring substituents is 1. The van der Waals surface area contributed by atoms with E-state index in [4.69, 9.17) is 0 Å². The Bertz CT molecular complexity index is 914. The molecule has 4 saturated carbocycles. The standard InChI is InChI=1S/C23H24N2O3/c26-22-18(2-1-3-21(22)25(27)28)14-24-20-6-4-19(5-7-20)23-11-15-8-16(12-23)10-17(9-15)13-23/h1-7,14-17,26H,8-13H2. The molecule has 0 spiro atoms. The van der Waals surface area contributed by atoms with E-state index in [1.807, 2.05) is 12.1 Å². The third-order valence-corrected chi connectivity index (χ3v) is 7.11. The lowest BCUT2D eigenvalue weighted by Gasteiger charge is -2.57. The van der Waals surface area contributed by atoms with Gasteiger partial charge in [0, 0.05) is 17.8 Å². The lowest BCUT2D eigenvalue weighted by atomic mass is 9.48. The number of para-hydroxylation sites is 1. The summed E-state index contributed by atoms with van der Waals surface area (Å²) in [6.07, 6.45) is 9.81. The quantitative estimate of drug-likeness (QED) is 0.434. The average Bonchev–Trinajstić information content (AvgIpc) is 2.66. The van der Waals surface area contributed by atoms with E-state index in [-0.39, 0.29) is 11.4 Å². The molecule has 4 aliphatic carbocycles. The molecule has 0 radical (unpaired) electrons. The van der Waals surface area contributed by atoms with E-state index in [1.165, 1.54) is 56.4 Å². The molecule has 0 amide bonds. The van der Waals surface area contributed by atoms with Crippen molar-refractivity contribution in [3.05, 3.63) is 63.7 Å². The van der Waals surface area contributed by atoms with Gasteiger partial charge in [-0.05, 0) is 85.5 Å². The van der Waals surface area contributed by atoms with Crippen LogP contribution in [-0.2, 0) is 5.41 Å². The van der Waals surface area contributed by atoms with Crippen LogP contribution >= 0.6 is 0 Å². The first-order valence-corrected chi connectivity index (χ1v) is 10.1. The molecule has 0 unspecified atom stereocenters. The van der Waals surface area contributed by atoms with E-state index < -0.39 is 4.92 Å². The van der Waals surface area contributed by atoms with Crippen LogP contribution in [0, 0.1) is 27.9 Å². The summed E-state index contributed by atoms with van der Waals surface area (Å²) in [6, 6.07) is 12.9. The number of rotatable bonds is 4. The Kier molecular flexibility index (Phi) is 4.00. The molecular weight excluding hydrogens is 352 g/mol. The third-order valence-electron chi connectivity index (χ3n) is 7.11. The summed E-state index contributed by atoms with van der Waals surface area (Å²) in [4.78, 5) is 14.8. The van der Waals surface area contributed by atoms with Crippen molar-refractivity contribution in [2.45, 2.75) is 43.9 Å². The van der Waals surface area contributed by atoms with Gasteiger partial charge in [-0.1, -0.05) is 18.2 Å². The number of phenols is 1. The van der Waals surface area contributed by atoms with Crippen LogP contribution in [0.1, 0.15) is 49.7 Å². The second-order valence-electron chi connectivity index (χ2n) is 8.98. The predicted octanol–water partition coefficient (Wildman–Crippen LogP) is 5.52. The van der Waals surface area contributed by atoms with Crippen LogP contribution in [0.15, 0.2) is 47.5 Å². The summed E-state index contributed by atoms with van der Waals surface area (Å²) in [5.74, 6) is 2.41. The van der Waals surface area contributed by atoms with Crippen molar-refractivity contribution >= 4 is 17.6 Å². The molecule has 2 aromatic carbocycles. The number of aromatic hydroxyl groups is 1. The highest BCUT2D eigenvalue weighted by molar-refractivity contribution is 5.87. The highest BCUT2D eigenvalue weighted by atomic mass is 16.6. The summed E-state index contributed by atoms with van der Waals surface area (Å²) in [7, 11) is 0. The molecule has 0 aliphatic heterocycles. The van der Waals surface area contributed by atoms with Crippen LogP contribution in [0.4, 0.5) is 11.4 Å². The maximum Gasteiger partial charge on any atom is 0.311 e. The second kappa shape index (κ2) is 6.43. The van der Waals surface area contributed by atoms with Gasteiger partial charge in [0.15, 0.2) is 0 Å². The van der Waals surface area contributed by atoms with Gasteiger partial charge < -0.3 is 5.11 Å². The van der Waals surface area contributed by atoms with E-state index in [9.17, 15) is 15.2 Å². The summed E-state index contributed by atoms with van der Waals surface area (Å²) < 4.78 is 0. The third kappa shape index (κ3) is 2.89. The Labute approximate surface area is 164 Å². The summed E-state index contributed by atoms with van der Waals surface area (Å²) in [5, 5.41) is 21.0. The molecule has 5 heteroatoms. The van der Waals surface area contributed by atoms with E-state index in [0.717, 1.165) is 23.4 Å². The molecule has 0 saturated heterocycles. The molecule has 0 heterocycles. The predicted molar refractivity (Wildman–Crippen MR) is 108 cm³/mol. The van der Waals surface area contributed by atoms with Crippen molar-refractivity contribution < 1.29 is 10.0 Å². The molecule has 28 heavy (non-hydrogen) atoms. The van der Waals surface area contributed by atoms with Crippen molar-refractivity contribution in [2.75, 3.05) is 0 Å². The molecule has 6 rings (SSSR count). The van der Waals surface area contributed by atoms with Crippen LogP contribution in [0.25, 0.3) is 0 Å². The number of hydrogen-bond donors (Lipinski definition) is 1. The second-order valence-corrected chi connectivity index (χ2v) is 8.98. The number of aliphatic imine (C=N–C) groups is 1. The molecule has 4 bridgehead atoms. The van der Waals surface area contributed by atoms with Gasteiger partial charge in [-0.3, -0.25) is 15.1 Å². The smallest absolute Gasteiger partial charge is 0.311 e. The summed E-state index contributed by atoms with van der Waals surface area (Å²) in [5.41, 5.74) is 2.65. The summed E-state index contributed by atoms with van der Waals surface area (Å²) >= 11 is 0. The normalized spacial score (nSPS) is 30.8. The Morgan fingerprint density at radius 1 is 1.00 bits per heavy atom. The van der Waals surface area contributed by atoms with E-state index >= 15 is 0 Å². The molecule has 0 atom stereocenters. The van der Waals surface area contributed by atoms with Crippen molar-refractivity contribution in [3.8, 4) is 5.75 Å². The van der Waals surface area contributed by atoms with Gasteiger partial charge in [0.2, 0.25) is 5.75 Å². The van der Waals surface area contributed by atoms with Gasteiger partial charge in [0.1, 0.15) is 0 Å². The number of phenolic OH excluding ortho intramolecular Hbond substituents is 1. The summed E-state index contributed by atoms with van der Waals surface area (Å²) in [6.45, 7) is 0. The van der Waals surface area contributed by atoms with Gasteiger partial charge in [0.25, 0.3) is 0 Å². The number of nitrogens with zero attached hydrogens (tertiary/aromatic N) is 2. The van der Waals surface area contributed by atoms with Gasteiger partial charge in [0.05, 0.1) is 10.6 Å². The maximum absolute atomic E-state index is 10.9.